The van der Waals surface area contributed by atoms with Crippen LogP contribution in [0.1, 0.15) is 12.7 Å². The van der Waals surface area contributed by atoms with Gasteiger partial charge < -0.3 is 14.9 Å². The van der Waals surface area contributed by atoms with Crippen molar-refractivity contribution in [3.63, 3.8) is 0 Å². The van der Waals surface area contributed by atoms with Crippen LogP contribution in [-0.2, 0) is 0 Å². The number of amides is 2. The standard InChI is InChI=1S/C12H13N3O3/c1-7(14-15-12(13)16)10-6-8-4-3-5-9(17-2)11(8)18-10/h3-6H,1-2H3,(H3,13,15,16)/b14-7-. The van der Waals surface area contributed by atoms with Crippen molar-refractivity contribution in [2.45, 2.75) is 6.92 Å². The van der Waals surface area contributed by atoms with Crippen molar-refractivity contribution >= 4 is 22.7 Å². The van der Waals surface area contributed by atoms with Gasteiger partial charge in [0.1, 0.15) is 5.71 Å². The van der Waals surface area contributed by atoms with Gasteiger partial charge in [0.25, 0.3) is 0 Å². The second-order valence-corrected chi connectivity index (χ2v) is 3.66. The number of benzene rings is 1. The van der Waals surface area contributed by atoms with Crippen molar-refractivity contribution < 1.29 is 13.9 Å². The monoisotopic (exact) mass is 247 g/mol. The zero-order chi connectivity index (χ0) is 13.1. The van der Waals surface area contributed by atoms with E-state index in [1.165, 1.54) is 0 Å². The molecule has 6 nitrogen and oxygen atoms in total. The molecule has 0 unspecified atom stereocenters. The van der Waals surface area contributed by atoms with Crippen LogP contribution in [0.15, 0.2) is 33.8 Å². The minimum Gasteiger partial charge on any atom is -0.493 e. The van der Waals surface area contributed by atoms with Crippen molar-refractivity contribution in [1.29, 1.82) is 0 Å². The van der Waals surface area contributed by atoms with Crippen molar-refractivity contribution in [3.05, 3.63) is 30.0 Å². The molecule has 0 radical (unpaired) electrons. The Balaban J connectivity index is 2.41. The Morgan fingerprint density at radius 1 is 1.50 bits per heavy atom. The Morgan fingerprint density at radius 3 is 2.94 bits per heavy atom. The van der Waals surface area contributed by atoms with Crippen molar-refractivity contribution in [2.24, 2.45) is 10.8 Å². The SMILES string of the molecule is COc1cccc2cc(/C(C)=N\NC(N)=O)oc12. The fourth-order valence-corrected chi connectivity index (χ4v) is 1.57. The van der Waals surface area contributed by atoms with E-state index in [-0.39, 0.29) is 0 Å². The highest BCUT2D eigenvalue weighted by Gasteiger charge is 2.10. The molecule has 1 aromatic heterocycles. The van der Waals surface area contributed by atoms with Crippen LogP contribution in [0.3, 0.4) is 0 Å². The molecular weight excluding hydrogens is 234 g/mol. The van der Waals surface area contributed by atoms with Gasteiger partial charge in [-0.05, 0) is 19.1 Å². The molecule has 0 atom stereocenters. The molecule has 1 heterocycles. The largest absolute Gasteiger partial charge is 0.493 e. The van der Waals surface area contributed by atoms with E-state index in [0.717, 1.165) is 5.39 Å². The number of hydrogen-bond donors (Lipinski definition) is 2. The van der Waals surface area contributed by atoms with Gasteiger partial charge in [-0.1, -0.05) is 12.1 Å². The van der Waals surface area contributed by atoms with Gasteiger partial charge in [0, 0.05) is 5.39 Å². The summed E-state index contributed by atoms with van der Waals surface area (Å²) in [6.45, 7) is 1.71. The van der Waals surface area contributed by atoms with Crippen LogP contribution in [0.25, 0.3) is 11.0 Å². The number of carbonyl (C=O) groups excluding carboxylic acids is 1. The number of fused-ring (bicyclic) bond motifs is 1. The topological polar surface area (TPSA) is 89.9 Å². The molecule has 2 amide bonds. The number of primary amides is 1. The number of methoxy groups -OCH3 is 1. The number of nitrogens with zero attached hydrogens (tertiary/aromatic N) is 1. The van der Waals surface area contributed by atoms with Crippen LogP contribution in [0, 0.1) is 0 Å². The van der Waals surface area contributed by atoms with E-state index in [2.05, 4.69) is 10.5 Å². The lowest BCUT2D eigenvalue weighted by molar-refractivity contribution is 0.249. The van der Waals surface area contributed by atoms with Gasteiger partial charge in [-0.15, -0.1) is 0 Å². The third kappa shape index (κ3) is 2.27. The summed E-state index contributed by atoms with van der Waals surface area (Å²) in [5.41, 5.74) is 8.25. The normalized spacial score (nSPS) is 11.6. The summed E-state index contributed by atoms with van der Waals surface area (Å²) in [5, 5.41) is 4.70. The first-order valence-electron chi connectivity index (χ1n) is 5.28. The maximum atomic E-state index is 10.6. The van der Waals surface area contributed by atoms with Crippen LogP contribution in [0.2, 0.25) is 0 Å². The predicted molar refractivity (Wildman–Crippen MR) is 67.7 cm³/mol. The van der Waals surface area contributed by atoms with Gasteiger partial charge in [-0.25, -0.2) is 10.2 Å². The van der Waals surface area contributed by atoms with E-state index >= 15 is 0 Å². The molecule has 0 saturated carbocycles. The molecule has 6 heteroatoms. The van der Waals surface area contributed by atoms with Gasteiger partial charge in [0.15, 0.2) is 17.1 Å². The van der Waals surface area contributed by atoms with Gasteiger partial charge in [0.2, 0.25) is 0 Å². The van der Waals surface area contributed by atoms with Gasteiger partial charge in [-0.3, -0.25) is 0 Å². The van der Waals surface area contributed by atoms with E-state index in [0.29, 0.717) is 22.8 Å². The molecule has 0 aliphatic heterocycles. The minimum absolute atomic E-state index is 0.520. The maximum absolute atomic E-state index is 10.6. The van der Waals surface area contributed by atoms with Gasteiger partial charge in [0.05, 0.1) is 7.11 Å². The summed E-state index contributed by atoms with van der Waals surface area (Å²) >= 11 is 0. The average molecular weight is 247 g/mol. The molecule has 1 aromatic carbocycles. The smallest absolute Gasteiger partial charge is 0.332 e. The number of hydrazone groups is 1. The zero-order valence-corrected chi connectivity index (χ0v) is 10.1. The van der Waals surface area contributed by atoms with E-state index in [9.17, 15) is 4.79 Å². The third-order valence-corrected chi connectivity index (χ3v) is 2.42. The molecule has 0 bridgehead atoms. The van der Waals surface area contributed by atoms with E-state index in [4.69, 9.17) is 14.9 Å². The van der Waals surface area contributed by atoms with E-state index in [1.807, 2.05) is 24.3 Å². The number of para-hydroxylation sites is 1. The first kappa shape index (κ1) is 12.0. The minimum atomic E-state index is -0.719. The quantitative estimate of drug-likeness (QED) is 0.640. The summed E-state index contributed by atoms with van der Waals surface area (Å²) in [5.74, 6) is 1.19. The summed E-state index contributed by atoms with van der Waals surface area (Å²) in [6.07, 6.45) is 0. The molecule has 0 fully saturated rings. The Kier molecular flexibility index (Phi) is 3.18. The molecule has 2 rings (SSSR count). The predicted octanol–water partition coefficient (Wildman–Crippen LogP) is 1.83. The molecule has 18 heavy (non-hydrogen) atoms. The number of furan rings is 1. The molecule has 0 saturated heterocycles. The van der Waals surface area contributed by atoms with Crippen LogP contribution < -0.4 is 15.9 Å². The second-order valence-electron chi connectivity index (χ2n) is 3.66. The average Bonchev–Trinajstić information content (AvgIpc) is 2.79. The highest BCUT2D eigenvalue weighted by Crippen LogP contribution is 2.28. The molecular formula is C12H13N3O3. The summed E-state index contributed by atoms with van der Waals surface area (Å²) in [6, 6.07) is 6.68. The molecule has 0 aliphatic rings. The Hall–Kier alpha value is -2.50. The molecule has 94 valence electrons. The molecule has 0 spiro atoms. The highest BCUT2D eigenvalue weighted by molar-refractivity contribution is 6.00. The number of nitrogens with one attached hydrogen (secondary N) is 1. The number of carbonyl (C=O) groups is 1. The summed E-state index contributed by atoms with van der Waals surface area (Å²) in [7, 11) is 1.58. The first-order valence-corrected chi connectivity index (χ1v) is 5.28. The Labute approximate surface area is 103 Å². The van der Waals surface area contributed by atoms with Crippen LogP contribution >= 0.6 is 0 Å². The third-order valence-electron chi connectivity index (χ3n) is 2.42. The van der Waals surface area contributed by atoms with Crippen molar-refractivity contribution in [1.82, 2.24) is 5.43 Å². The first-order chi connectivity index (χ1) is 8.61. The van der Waals surface area contributed by atoms with Crippen molar-refractivity contribution in [2.75, 3.05) is 7.11 Å². The number of hydrogen-bond acceptors (Lipinski definition) is 4. The Morgan fingerprint density at radius 2 is 2.28 bits per heavy atom. The molecule has 3 N–H and O–H groups in total. The lowest BCUT2D eigenvalue weighted by Gasteiger charge is -1.99. The summed E-state index contributed by atoms with van der Waals surface area (Å²) in [4.78, 5) is 10.6. The fourth-order valence-electron chi connectivity index (χ4n) is 1.57. The number of rotatable bonds is 3. The second kappa shape index (κ2) is 4.79. The number of urea groups is 1. The van der Waals surface area contributed by atoms with Crippen LogP contribution in [-0.4, -0.2) is 18.9 Å². The van der Waals surface area contributed by atoms with Crippen LogP contribution in [0.4, 0.5) is 4.79 Å². The lowest BCUT2D eigenvalue weighted by atomic mass is 10.2. The highest BCUT2D eigenvalue weighted by atomic mass is 16.5. The zero-order valence-electron chi connectivity index (χ0n) is 10.1. The molecule has 0 aliphatic carbocycles. The lowest BCUT2D eigenvalue weighted by Crippen LogP contribution is -2.25. The van der Waals surface area contributed by atoms with Crippen molar-refractivity contribution in [3.8, 4) is 5.75 Å². The Bertz CT molecular complexity index is 616. The van der Waals surface area contributed by atoms with E-state index < -0.39 is 6.03 Å². The summed E-state index contributed by atoms with van der Waals surface area (Å²) < 4.78 is 10.8. The van der Waals surface area contributed by atoms with Gasteiger partial charge in [-0.2, -0.15) is 5.10 Å². The fraction of sp³-hybridized carbons (Fsp3) is 0.167. The van der Waals surface area contributed by atoms with Gasteiger partial charge >= 0.3 is 6.03 Å². The number of ether oxygens (including phenoxy) is 1. The van der Waals surface area contributed by atoms with Crippen LogP contribution in [0.5, 0.6) is 5.75 Å². The molecule has 2 aromatic rings. The maximum Gasteiger partial charge on any atom is 0.332 e. The van der Waals surface area contributed by atoms with E-state index in [1.54, 1.807) is 14.0 Å². The number of nitrogens with two attached hydrogens (primary N) is 1.